The minimum absolute atomic E-state index is 0.152. The Morgan fingerprint density at radius 2 is 1.89 bits per heavy atom. The van der Waals surface area contributed by atoms with Crippen LogP contribution in [0.1, 0.15) is 6.42 Å². The van der Waals surface area contributed by atoms with Gasteiger partial charge in [0.15, 0.2) is 0 Å². The second-order valence-corrected chi connectivity index (χ2v) is 8.40. The Morgan fingerprint density at radius 1 is 1.11 bits per heavy atom. The van der Waals surface area contributed by atoms with E-state index in [0.29, 0.717) is 27.3 Å². The SMILES string of the molecule is O=c1c(Cl)c(N2CCN(CC3CCOC3)CC2)cnn1-c1ccc(Cl)cc1Cl. The predicted octanol–water partition coefficient (Wildman–Crippen LogP) is 3.35. The van der Waals surface area contributed by atoms with E-state index in [4.69, 9.17) is 39.5 Å². The van der Waals surface area contributed by atoms with E-state index >= 15 is 0 Å². The van der Waals surface area contributed by atoms with Crippen LogP contribution in [0.3, 0.4) is 0 Å². The molecule has 150 valence electrons. The number of hydrogen-bond donors (Lipinski definition) is 0. The molecule has 1 aromatic carbocycles. The molecule has 2 aliphatic rings. The molecule has 3 heterocycles. The Labute approximate surface area is 178 Å². The molecule has 0 amide bonds. The number of piperazine rings is 1. The van der Waals surface area contributed by atoms with Crippen molar-refractivity contribution < 1.29 is 4.74 Å². The summed E-state index contributed by atoms with van der Waals surface area (Å²) in [6.07, 6.45) is 2.77. The molecule has 0 bridgehead atoms. The van der Waals surface area contributed by atoms with Crippen molar-refractivity contribution in [3.05, 3.63) is 49.8 Å². The number of halogens is 3. The lowest BCUT2D eigenvalue weighted by Gasteiger charge is -2.37. The third-order valence-corrected chi connectivity index (χ3v) is 6.18. The Balaban J connectivity index is 1.49. The maximum absolute atomic E-state index is 12.8. The summed E-state index contributed by atoms with van der Waals surface area (Å²) in [5.74, 6) is 0.629. The normalized spacial score (nSPS) is 20.7. The van der Waals surface area contributed by atoms with Gasteiger partial charge in [-0.25, -0.2) is 0 Å². The summed E-state index contributed by atoms with van der Waals surface area (Å²) in [5.41, 5.74) is 0.721. The Kier molecular flexibility index (Phi) is 6.13. The second kappa shape index (κ2) is 8.59. The molecule has 9 heteroatoms. The molecule has 0 radical (unpaired) electrons. The van der Waals surface area contributed by atoms with Gasteiger partial charge in [0.2, 0.25) is 0 Å². The summed E-state index contributed by atoms with van der Waals surface area (Å²) < 4.78 is 6.67. The molecule has 6 nitrogen and oxygen atoms in total. The smallest absolute Gasteiger partial charge is 0.292 e. The largest absolute Gasteiger partial charge is 0.381 e. The van der Waals surface area contributed by atoms with Crippen molar-refractivity contribution in [3.63, 3.8) is 0 Å². The minimum Gasteiger partial charge on any atom is -0.381 e. The van der Waals surface area contributed by atoms with Crippen molar-refractivity contribution >= 4 is 40.5 Å². The van der Waals surface area contributed by atoms with Crippen LogP contribution in [0.5, 0.6) is 0 Å². The predicted molar refractivity (Wildman–Crippen MR) is 112 cm³/mol. The van der Waals surface area contributed by atoms with Crippen LogP contribution in [0.4, 0.5) is 5.69 Å². The van der Waals surface area contributed by atoms with Crippen LogP contribution >= 0.6 is 34.8 Å². The fourth-order valence-corrected chi connectivity index (χ4v) is 4.47. The lowest BCUT2D eigenvalue weighted by atomic mass is 10.1. The van der Waals surface area contributed by atoms with Crippen LogP contribution in [0.15, 0.2) is 29.2 Å². The third kappa shape index (κ3) is 4.16. The molecule has 0 N–H and O–H groups in total. The molecule has 2 saturated heterocycles. The van der Waals surface area contributed by atoms with Gasteiger partial charge in [0.25, 0.3) is 5.56 Å². The topological polar surface area (TPSA) is 50.6 Å². The van der Waals surface area contributed by atoms with Crippen LogP contribution in [0, 0.1) is 5.92 Å². The van der Waals surface area contributed by atoms with Crippen molar-refractivity contribution in [2.45, 2.75) is 6.42 Å². The standard InChI is InChI=1S/C19H21Cl3N4O2/c20-14-1-2-16(15(21)9-14)26-19(27)18(22)17(10-23-26)25-6-4-24(5-7-25)11-13-3-8-28-12-13/h1-2,9-10,13H,3-8,11-12H2. The van der Waals surface area contributed by atoms with E-state index in [-0.39, 0.29) is 5.02 Å². The van der Waals surface area contributed by atoms with E-state index in [0.717, 1.165) is 52.4 Å². The van der Waals surface area contributed by atoms with Crippen molar-refractivity contribution in [2.75, 3.05) is 50.8 Å². The van der Waals surface area contributed by atoms with Crippen molar-refractivity contribution in [3.8, 4) is 5.69 Å². The zero-order chi connectivity index (χ0) is 19.7. The fourth-order valence-electron chi connectivity index (χ4n) is 3.73. The highest BCUT2D eigenvalue weighted by molar-refractivity contribution is 6.36. The highest BCUT2D eigenvalue weighted by atomic mass is 35.5. The zero-order valence-electron chi connectivity index (χ0n) is 15.3. The zero-order valence-corrected chi connectivity index (χ0v) is 17.6. The van der Waals surface area contributed by atoms with E-state index in [1.807, 2.05) is 0 Å². The average Bonchev–Trinajstić information content (AvgIpc) is 3.18. The van der Waals surface area contributed by atoms with Crippen LogP contribution < -0.4 is 10.5 Å². The lowest BCUT2D eigenvalue weighted by Crippen LogP contribution is -2.48. The number of ether oxygens (including phenoxy) is 1. The summed E-state index contributed by atoms with van der Waals surface area (Å²) in [6, 6.07) is 4.89. The molecule has 2 aromatic rings. The summed E-state index contributed by atoms with van der Waals surface area (Å²) >= 11 is 18.6. The first kappa shape index (κ1) is 20.0. The van der Waals surface area contributed by atoms with Gasteiger partial charge in [-0.1, -0.05) is 34.8 Å². The van der Waals surface area contributed by atoms with Crippen LogP contribution in [-0.4, -0.2) is 60.6 Å². The van der Waals surface area contributed by atoms with Gasteiger partial charge in [0.1, 0.15) is 5.02 Å². The molecule has 1 atom stereocenters. The summed E-state index contributed by atoms with van der Waals surface area (Å²) in [5, 5.41) is 5.28. The molecule has 1 unspecified atom stereocenters. The van der Waals surface area contributed by atoms with E-state index in [2.05, 4.69) is 14.9 Å². The van der Waals surface area contributed by atoms with Gasteiger partial charge >= 0.3 is 0 Å². The van der Waals surface area contributed by atoms with E-state index < -0.39 is 5.56 Å². The van der Waals surface area contributed by atoms with E-state index in [1.165, 1.54) is 4.68 Å². The van der Waals surface area contributed by atoms with Gasteiger partial charge in [-0.15, -0.1) is 0 Å². The molecule has 0 saturated carbocycles. The van der Waals surface area contributed by atoms with Crippen molar-refractivity contribution in [2.24, 2.45) is 5.92 Å². The first-order valence-corrected chi connectivity index (χ1v) is 10.4. The lowest BCUT2D eigenvalue weighted by molar-refractivity contribution is 0.164. The Morgan fingerprint density at radius 3 is 2.57 bits per heavy atom. The highest BCUT2D eigenvalue weighted by Crippen LogP contribution is 2.26. The highest BCUT2D eigenvalue weighted by Gasteiger charge is 2.25. The molecular weight excluding hydrogens is 423 g/mol. The number of anilines is 1. The van der Waals surface area contributed by atoms with Crippen molar-refractivity contribution in [1.29, 1.82) is 0 Å². The summed E-state index contributed by atoms with van der Waals surface area (Å²) in [7, 11) is 0. The van der Waals surface area contributed by atoms with Gasteiger partial charge in [0.05, 0.1) is 29.2 Å². The van der Waals surface area contributed by atoms with Gasteiger partial charge in [-0.05, 0) is 30.5 Å². The molecule has 28 heavy (non-hydrogen) atoms. The molecular formula is C19H21Cl3N4O2. The summed E-state index contributed by atoms with van der Waals surface area (Å²) in [6.45, 7) is 6.27. The molecule has 2 aliphatic heterocycles. The van der Waals surface area contributed by atoms with Crippen LogP contribution in [0.2, 0.25) is 15.1 Å². The van der Waals surface area contributed by atoms with Gasteiger partial charge in [-0.2, -0.15) is 9.78 Å². The van der Waals surface area contributed by atoms with Gasteiger partial charge in [-0.3, -0.25) is 9.69 Å². The second-order valence-electron chi connectivity index (χ2n) is 7.17. The molecule has 2 fully saturated rings. The quantitative estimate of drug-likeness (QED) is 0.725. The number of hydrogen-bond acceptors (Lipinski definition) is 5. The van der Waals surface area contributed by atoms with E-state index in [1.54, 1.807) is 24.4 Å². The van der Waals surface area contributed by atoms with Crippen LogP contribution in [-0.2, 0) is 4.74 Å². The monoisotopic (exact) mass is 442 g/mol. The minimum atomic E-state index is -0.395. The molecule has 1 aromatic heterocycles. The third-order valence-electron chi connectivity index (χ3n) is 5.29. The van der Waals surface area contributed by atoms with E-state index in [9.17, 15) is 4.79 Å². The maximum Gasteiger partial charge on any atom is 0.292 e. The number of aromatic nitrogens is 2. The van der Waals surface area contributed by atoms with Crippen LogP contribution in [0.25, 0.3) is 5.69 Å². The number of nitrogens with zero attached hydrogens (tertiary/aromatic N) is 4. The summed E-state index contributed by atoms with van der Waals surface area (Å²) in [4.78, 5) is 17.4. The van der Waals surface area contributed by atoms with Crippen molar-refractivity contribution in [1.82, 2.24) is 14.7 Å². The molecule has 0 spiro atoms. The first-order chi connectivity index (χ1) is 13.5. The fraction of sp³-hybridized carbons (Fsp3) is 0.474. The van der Waals surface area contributed by atoms with Gasteiger partial charge in [0, 0.05) is 44.4 Å². The first-order valence-electron chi connectivity index (χ1n) is 9.31. The average molecular weight is 444 g/mol. The Hall–Kier alpha value is -1.31. The molecule has 4 rings (SSSR count). The van der Waals surface area contributed by atoms with Gasteiger partial charge < -0.3 is 9.64 Å². The molecule has 0 aliphatic carbocycles. The number of rotatable bonds is 4. The Bertz CT molecular complexity index is 907. The maximum atomic E-state index is 12.8. The number of benzene rings is 1.